The Kier molecular flexibility index (Phi) is 4.41. The molecular formula is C18H13F4N5OS. The molecule has 3 heterocycles. The lowest BCUT2D eigenvalue weighted by Gasteiger charge is -2.09. The molecule has 0 aliphatic rings. The first-order valence-electron chi connectivity index (χ1n) is 8.32. The van der Waals surface area contributed by atoms with E-state index in [4.69, 9.17) is 0 Å². The highest BCUT2D eigenvalue weighted by Crippen LogP contribution is 2.37. The zero-order chi connectivity index (χ0) is 20.9. The Morgan fingerprint density at radius 2 is 1.90 bits per heavy atom. The Morgan fingerprint density at radius 1 is 1.17 bits per heavy atom. The molecule has 0 radical (unpaired) electrons. The lowest BCUT2D eigenvalue weighted by Crippen LogP contribution is -2.14. The van der Waals surface area contributed by atoms with Crippen LogP contribution < -0.4 is 5.32 Å². The third-order valence-electron chi connectivity index (χ3n) is 4.16. The van der Waals surface area contributed by atoms with Gasteiger partial charge in [-0.2, -0.15) is 23.4 Å². The van der Waals surface area contributed by atoms with Crippen LogP contribution in [0.4, 0.5) is 23.4 Å². The summed E-state index contributed by atoms with van der Waals surface area (Å²) in [5, 5.41) is 10.1. The van der Waals surface area contributed by atoms with Crippen LogP contribution in [0.3, 0.4) is 0 Å². The van der Waals surface area contributed by atoms with Gasteiger partial charge in [-0.15, -0.1) is 11.3 Å². The van der Waals surface area contributed by atoms with Gasteiger partial charge in [0, 0.05) is 18.5 Å². The maximum Gasteiger partial charge on any atom is 0.435 e. The third-order valence-corrected chi connectivity index (χ3v) is 5.36. The molecule has 0 saturated heterocycles. The number of anilines is 1. The van der Waals surface area contributed by atoms with E-state index in [2.05, 4.69) is 15.5 Å². The van der Waals surface area contributed by atoms with Crippen LogP contribution >= 0.6 is 11.3 Å². The van der Waals surface area contributed by atoms with Crippen molar-refractivity contribution >= 4 is 33.3 Å². The Labute approximate surface area is 165 Å². The molecule has 1 amide bonds. The Balaban J connectivity index is 1.70. The number of nitrogens with one attached hydrogen (secondary N) is 1. The van der Waals surface area contributed by atoms with Crippen molar-refractivity contribution in [1.29, 1.82) is 0 Å². The third kappa shape index (κ3) is 3.37. The molecule has 150 valence electrons. The van der Waals surface area contributed by atoms with Gasteiger partial charge >= 0.3 is 6.18 Å². The number of rotatable bonds is 3. The predicted octanol–water partition coefficient (Wildman–Crippen LogP) is 4.54. The predicted molar refractivity (Wildman–Crippen MR) is 99.8 cm³/mol. The minimum Gasteiger partial charge on any atom is -0.306 e. The minimum atomic E-state index is -4.63. The normalized spacial score (nSPS) is 11.9. The Hall–Kier alpha value is -3.21. The molecule has 0 aliphatic heterocycles. The molecule has 0 fully saturated rings. The van der Waals surface area contributed by atoms with Crippen molar-refractivity contribution in [1.82, 2.24) is 19.6 Å². The summed E-state index contributed by atoms with van der Waals surface area (Å²) in [6.45, 7) is 1.67. The van der Waals surface area contributed by atoms with Crippen LogP contribution in [0.5, 0.6) is 0 Å². The zero-order valence-corrected chi connectivity index (χ0v) is 15.9. The SMILES string of the molecule is Cc1cc(NC(=O)c2cc3c(C(F)(F)F)nn(C)c3s2)n(-c2ccccc2F)n1. The highest BCUT2D eigenvalue weighted by atomic mass is 32.1. The number of carbonyl (C=O) groups excluding carboxylic acids is 1. The van der Waals surface area contributed by atoms with E-state index < -0.39 is 23.6 Å². The number of hydrogen-bond donors (Lipinski definition) is 1. The van der Waals surface area contributed by atoms with Crippen LogP contribution in [0, 0.1) is 12.7 Å². The molecular weight excluding hydrogens is 410 g/mol. The topological polar surface area (TPSA) is 64.7 Å². The van der Waals surface area contributed by atoms with Gasteiger partial charge in [-0.05, 0) is 25.1 Å². The van der Waals surface area contributed by atoms with Gasteiger partial charge in [-0.25, -0.2) is 9.07 Å². The number of thiophene rings is 1. The summed E-state index contributed by atoms with van der Waals surface area (Å²) < 4.78 is 55.9. The van der Waals surface area contributed by atoms with Crippen molar-refractivity contribution in [2.24, 2.45) is 7.05 Å². The molecule has 29 heavy (non-hydrogen) atoms. The van der Waals surface area contributed by atoms with Gasteiger partial charge in [0.25, 0.3) is 5.91 Å². The number of benzene rings is 1. The molecule has 0 aliphatic carbocycles. The number of nitrogens with zero attached hydrogens (tertiary/aromatic N) is 4. The Bertz CT molecular complexity index is 1240. The summed E-state index contributed by atoms with van der Waals surface area (Å²) in [6.07, 6.45) is -4.63. The van der Waals surface area contributed by atoms with Crippen molar-refractivity contribution in [3.63, 3.8) is 0 Å². The fraction of sp³-hybridized carbons (Fsp3) is 0.167. The first kappa shape index (κ1) is 19.1. The lowest BCUT2D eigenvalue weighted by atomic mass is 10.2. The van der Waals surface area contributed by atoms with Gasteiger partial charge in [-0.1, -0.05) is 12.1 Å². The second kappa shape index (κ2) is 6.69. The molecule has 4 aromatic rings. The number of alkyl halides is 3. The summed E-state index contributed by atoms with van der Waals surface area (Å²) >= 11 is 0.884. The van der Waals surface area contributed by atoms with Crippen molar-refractivity contribution in [3.8, 4) is 5.69 Å². The van der Waals surface area contributed by atoms with Gasteiger partial charge in [-0.3, -0.25) is 9.48 Å². The fourth-order valence-corrected chi connectivity index (χ4v) is 3.90. The first-order valence-corrected chi connectivity index (χ1v) is 9.13. The van der Waals surface area contributed by atoms with E-state index in [1.807, 2.05) is 0 Å². The van der Waals surface area contributed by atoms with Crippen molar-refractivity contribution in [3.05, 3.63) is 58.5 Å². The number of aromatic nitrogens is 4. The number of carbonyl (C=O) groups is 1. The summed E-state index contributed by atoms with van der Waals surface area (Å²) in [4.78, 5) is 13.0. The molecule has 3 aromatic heterocycles. The number of amides is 1. The van der Waals surface area contributed by atoms with Gasteiger partial charge < -0.3 is 5.32 Å². The van der Waals surface area contributed by atoms with Crippen LogP contribution in [0.15, 0.2) is 36.4 Å². The average Bonchev–Trinajstić information content (AvgIpc) is 3.30. The largest absolute Gasteiger partial charge is 0.435 e. The van der Waals surface area contributed by atoms with Crippen LogP contribution in [0.25, 0.3) is 15.9 Å². The van der Waals surface area contributed by atoms with Crippen molar-refractivity contribution in [2.45, 2.75) is 13.1 Å². The number of aryl methyl sites for hydroxylation is 2. The van der Waals surface area contributed by atoms with Crippen LogP contribution in [0.1, 0.15) is 21.1 Å². The standard InChI is InChI=1S/C18H13F4N5OS/c1-9-7-14(27(24-9)12-6-4-3-5-11(12)19)23-16(28)13-8-10-15(18(20,21)22)25-26(2)17(10)29-13/h3-8H,1-2H3,(H,23,28). The highest BCUT2D eigenvalue weighted by molar-refractivity contribution is 7.20. The smallest absolute Gasteiger partial charge is 0.306 e. The van der Waals surface area contributed by atoms with Gasteiger partial charge in [0.15, 0.2) is 5.69 Å². The van der Waals surface area contributed by atoms with Crippen LogP contribution in [-0.4, -0.2) is 25.5 Å². The summed E-state index contributed by atoms with van der Waals surface area (Å²) in [5.74, 6) is -0.963. The van der Waals surface area contributed by atoms with E-state index in [0.29, 0.717) is 5.69 Å². The number of fused-ring (bicyclic) bond motifs is 1. The second-order valence-corrected chi connectivity index (χ2v) is 7.32. The fourth-order valence-electron chi connectivity index (χ4n) is 2.94. The maximum atomic E-state index is 14.1. The molecule has 0 saturated carbocycles. The second-order valence-electron chi connectivity index (χ2n) is 6.29. The molecule has 4 rings (SSSR count). The molecule has 1 N–H and O–H groups in total. The van der Waals surface area contributed by atoms with Gasteiger partial charge in [0.05, 0.1) is 10.6 Å². The monoisotopic (exact) mass is 423 g/mol. The molecule has 0 atom stereocenters. The van der Waals surface area contributed by atoms with Gasteiger partial charge in [0.2, 0.25) is 0 Å². The maximum absolute atomic E-state index is 14.1. The van der Waals surface area contributed by atoms with Crippen LogP contribution in [-0.2, 0) is 13.2 Å². The first-order chi connectivity index (χ1) is 13.6. The molecule has 0 unspecified atom stereocenters. The Morgan fingerprint density at radius 3 is 2.59 bits per heavy atom. The summed E-state index contributed by atoms with van der Waals surface area (Å²) in [6, 6.07) is 8.60. The average molecular weight is 423 g/mol. The van der Waals surface area contributed by atoms with E-state index in [-0.39, 0.29) is 26.6 Å². The molecule has 6 nitrogen and oxygen atoms in total. The lowest BCUT2D eigenvalue weighted by molar-refractivity contribution is -0.140. The van der Waals surface area contributed by atoms with E-state index in [1.54, 1.807) is 19.1 Å². The van der Waals surface area contributed by atoms with E-state index in [9.17, 15) is 22.4 Å². The van der Waals surface area contributed by atoms with Crippen molar-refractivity contribution < 1.29 is 22.4 Å². The number of hydrogen-bond acceptors (Lipinski definition) is 4. The van der Waals surface area contributed by atoms with Crippen LogP contribution in [0.2, 0.25) is 0 Å². The molecule has 0 spiro atoms. The molecule has 11 heteroatoms. The molecule has 1 aromatic carbocycles. The van der Waals surface area contributed by atoms with E-state index >= 15 is 0 Å². The summed E-state index contributed by atoms with van der Waals surface area (Å²) in [5.41, 5.74) is -0.378. The molecule has 0 bridgehead atoms. The minimum absolute atomic E-state index is 0.0671. The van der Waals surface area contributed by atoms with E-state index in [0.717, 1.165) is 22.1 Å². The van der Waals surface area contributed by atoms with E-state index in [1.165, 1.54) is 29.9 Å². The number of halogens is 4. The quantitative estimate of drug-likeness (QED) is 0.492. The number of para-hydroxylation sites is 1. The van der Waals surface area contributed by atoms with Crippen molar-refractivity contribution in [2.75, 3.05) is 5.32 Å². The highest BCUT2D eigenvalue weighted by Gasteiger charge is 2.37. The summed E-state index contributed by atoms with van der Waals surface area (Å²) in [7, 11) is 1.38. The van der Waals surface area contributed by atoms with Gasteiger partial charge in [0.1, 0.15) is 22.2 Å². The zero-order valence-electron chi connectivity index (χ0n) is 15.1.